The van der Waals surface area contributed by atoms with Crippen molar-refractivity contribution >= 4 is 29.4 Å². The normalized spacial score (nSPS) is 31.1. The smallest absolute Gasteiger partial charge is 0.233 e. The van der Waals surface area contributed by atoms with Gasteiger partial charge >= 0.3 is 17.8 Å². The molecule has 0 spiro atoms. The van der Waals surface area contributed by atoms with E-state index in [2.05, 4.69) is 0 Å². The number of nitrogens with zero attached hydrogens (tertiary/aromatic N) is 3. The minimum Gasteiger partial charge on any atom is -0.233 e. The van der Waals surface area contributed by atoms with Gasteiger partial charge in [0.25, 0.3) is 0 Å². The highest BCUT2D eigenvalue weighted by molar-refractivity contribution is 6.62. The third kappa shape index (κ3) is 1.53. The third-order valence-corrected chi connectivity index (χ3v) is 3.45. The number of imide groups is 3. The number of quaternary nitrogens is 1. The van der Waals surface area contributed by atoms with Crippen LogP contribution in [0, 0.1) is 0 Å². The van der Waals surface area contributed by atoms with Gasteiger partial charge in [-0.25, -0.2) is 24.4 Å². The summed E-state index contributed by atoms with van der Waals surface area (Å²) in [6.07, 6.45) is 2.38. The summed E-state index contributed by atoms with van der Waals surface area (Å²) in [5.74, 6) is 0. The molecule has 1 atom stereocenters. The van der Waals surface area contributed by atoms with Crippen molar-refractivity contribution in [3.05, 3.63) is 0 Å². The molecule has 2 rings (SSSR count). The number of hydrazine groups is 1. The molecule has 0 saturated carbocycles. The lowest BCUT2D eigenvalue weighted by atomic mass is 10.4. The van der Waals surface area contributed by atoms with Crippen molar-refractivity contribution < 1.29 is 18.9 Å². The van der Waals surface area contributed by atoms with E-state index in [4.69, 9.17) is 11.6 Å². The van der Waals surface area contributed by atoms with Gasteiger partial charge in [0.2, 0.25) is 0 Å². The molecule has 0 aromatic rings. The highest BCUT2D eigenvalue weighted by Gasteiger charge is 2.54. The number of carbonyl (C=O) groups excluding carboxylic acids is 3. The van der Waals surface area contributed by atoms with Crippen LogP contribution in [0.4, 0.5) is 9.59 Å². The summed E-state index contributed by atoms with van der Waals surface area (Å²) in [5.41, 5.74) is 0. The Hall–Kier alpha value is -0.980. The summed E-state index contributed by atoms with van der Waals surface area (Å²) in [5, 5.41) is 2.43. The lowest BCUT2D eigenvalue weighted by Crippen LogP contribution is -2.54. The Kier molecular flexibility index (Phi) is 2.96. The van der Waals surface area contributed by atoms with Crippen LogP contribution in [0.5, 0.6) is 0 Å². The Labute approximate surface area is 97.9 Å². The Bertz CT molecular complexity index is 343. The molecule has 0 aliphatic carbocycles. The van der Waals surface area contributed by atoms with Crippen LogP contribution in [0.15, 0.2) is 0 Å². The van der Waals surface area contributed by atoms with Crippen molar-refractivity contribution in [3.8, 4) is 0 Å². The van der Waals surface area contributed by atoms with E-state index in [1.54, 1.807) is 0 Å². The Morgan fingerprint density at radius 3 is 2.38 bits per heavy atom. The van der Waals surface area contributed by atoms with E-state index >= 15 is 0 Å². The van der Waals surface area contributed by atoms with E-state index in [9.17, 15) is 14.4 Å². The van der Waals surface area contributed by atoms with E-state index in [0.29, 0.717) is 13.0 Å². The molecule has 0 aromatic heterocycles. The van der Waals surface area contributed by atoms with Gasteiger partial charge in [-0.2, -0.15) is 0 Å². The molecule has 0 aromatic carbocycles. The van der Waals surface area contributed by atoms with E-state index in [1.807, 2.05) is 5.01 Å². The maximum Gasteiger partial charge on any atom is 0.449 e. The molecule has 4 amide bonds. The average Bonchev–Trinajstić information content (AvgIpc) is 2.85. The number of hydrogen-bond acceptors (Lipinski definition) is 4. The highest BCUT2D eigenvalue weighted by Crippen LogP contribution is 2.24. The zero-order valence-electron chi connectivity index (χ0n) is 8.76. The topological polar surface area (TPSA) is 57.7 Å². The van der Waals surface area contributed by atoms with Crippen LogP contribution < -0.4 is 0 Å². The monoisotopic (exact) mass is 246 g/mol. The molecule has 6 nitrogen and oxygen atoms in total. The maximum atomic E-state index is 12.0. The second-order valence-electron chi connectivity index (χ2n) is 4.02. The molecule has 2 aliphatic rings. The average molecular weight is 247 g/mol. The number of amides is 4. The summed E-state index contributed by atoms with van der Waals surface area (Å²) in [6, 6.07) is -0.531. The SMILES string of the molecule is O=C[N+]1(C(=O)Cl)CCN(N2CCCC2)C1=O. The van der Waals surface area contributed by atoms with Crippen molar-refractivity contribution in [2.75, 3.05) is 26.2 Å². The third-order valence-electron chi connectivity index (χ3n) is 3.14. The molecule has 0 radical (unpaired) electrons. The molecule has 88 valence electrons. The molecule has 0 bridgehead atoms. The van der Waals surface area contributed by atoms with Crippen LogP contribution in [0.25, 0.3) is 0 Å². The molecular weight excluding hydrogens is 234 g/mol. The fourth-order valence-corrected chi connectivity index (χ4v) is 2.35. The van der Waals surface area contributed by atoms with Gasteiger partial charge in [-0.15, -0.1) is 4.48 Å². The summed E-state index contributed by atoms with van der Waals surface area (Å²) < 4.78 is -0.919. The van der Waals surface area contributed by atoms with Crippen LogP contribution in [0.1, 0.15) is 12.8 Å². The first kappa shape index (κ1) is 11.5. The number of urea groups is 1. The van der Waals surface area contributed by atoms with Crippen LogP contribution in [-0.2, 0) is 4.79 Å². The lowest BCUT2D eigenvalue weighted by molar-refractivity contribution is -0.660. The number of halogens is 1. The summed E-state index contributed by atoms with van der Waals surface area (Å²) in [7, 11) is 0. The molecule has 1 unspecified atom stereocenters. The first-order valence-electron chi connectivity index (χ1n) is 5.23. The predicted octanol–water partition coefficient (Wildman–Crippen LogP) is 0.765. The number of hydrogen-bond donors (Lipinski definition) is 0. The minimum absolute atomic E-state index is 0.126. The summed E-state index contributed by atoms with van der Waals surface area (Å²) in [6.45, 7) is 2.08. The molecule has 2 aliphatic heterocycles. The summed E-state index contributed by atoms with van der Waals surface area (Å²) in [4.78, 5) is 34.2. The second-order valence-corrected chi connectivity index (χ2v) is 4.34. The number of rotatable bonds is 2. The maximum absolute atomic E-state index is 12.0. The van der Waals surface area contributed by atoms with Crippen LogP contribution in [0.3, 0.4) is 0 Å². The van der Waals surface area contributed by atoms with Crippen LogP contribution in [-0.4, -0.2) is 58.5 Å². The molecule has 16 heavy (non-hydrogen) atoms. The van der Waals surface area contributed by atoms with E-state index in [1.165, 1.54) is 5.01 Å². The molecule has 2 fully saturated rings. The Balaban J connectivity index is 2.20. The second kappa shape index (κ2) is 4.12. The largest absolute Gasteiger partial charge is 0.449 e. The van der Waals surface area contributed by atoms with Crippen molar-refractivity contribution in [1.82, 2.24) is 10.0 Å². The van der Waals surface area contributed by atoms with E-state index < -0.39 is 15.9 Å². The van der Waals surface area contributed by atoms with Gasteiger partial charge in [-0.1, -0.05) is 0 Å². The molecular formula is C9H13ClN3O3+. The number of carbonyl (C=O) groups is 3. The van der Waals surface area contributed by atoms with Crippen LogP contribution >= 0.6 is 11.6 Å². The minimum atomic E-state index is -0.929. The fraction of sp³-hybridized carbons (Fsp3) is 0.667. The lowest BCUT2D eigenvalue weighted by Gasteiger charge is -2.25. The predicted molar refractivity (Wildman–Crippen MR) is 55.3 cm³/mol. The Morgan fingerprint density at radius 1 is 1.31 bits per heavy atom. The van der Waals surface area contributed by atoms with Crippen molar-refractivity contribution in [3.63, 3.8) is 0 Å². The van der Waals surface area contributed by atoms with Gasteiger partial charge in [0.1, 0.15) is 6.54 Å². The van der Waals surface area contributed by atoms with E-state index in [-0.39, 0.29) is 6.54 Å². The van der Waals surface area contributed by atoms with Crippen molar-refractivity contribution in [2.45, 2.75) is 12.8 Å². The molecule has 0 N–H and O–H groups in total. The fourth-order valence-electron chi connectivity index (χ4n) is 2.16. The van der Waals surface area contributed by atoms with Crippen LogP contribution in [0.2, 0.25) is 0 Å². The quantitative estimate of drug-likeness (QED) is 0.313. The van der Waals surface area contributed by atoms with Crippen molar-refractivity contribution in [1.29, 1.82) is 0 Å². The zero-order valence-corrected chi connectivity index (χ0v) is 9.52. The Morgan fingerprint density at radius 2 is 1.94 bits per heavy atom. The van der Waals surface area contributed by atoms with E-state index in [0.717, 1.165) is 25.9 Å². The van der Waals surface area contributed by atoms with Gasteiger partial charge in [-0.3, -0.25) is 0 Å². The highest BCUT2D eigenvalue weighted by atomic mass is 35.5. The molecule has 2 saturated heterocycles. The first-order chi connectivity index (χ1) is 7.62. The van der Waals surface area contributed by atoms with Gasteiger partial charge in [0.15, 0.2) is 0 Å². The zero-order chi connectivity index (χ0) is 11.8. The standard InChI is InChI=1S/C9H13ClN3O3/c10-8(15)13(7-14)6-5-12(9(13)16)11-3-1-2-4-11/h7H,1-6H2/q+1. The van der Waals surface area contributed by atoms with Gasteiger partial charge < -0.3 is 0 Å². The van der Waals surface area contributed by atoms with Gasteiger partial charge in [0, 0.05) is 24.7 Å². The molecule has 2 heterocycles. The van der Waals surface area contributed by atoms with Gasteiger partial charge in [-0.05, 0) is 12.8 Å². The molecule has 7 heteroatoms. The first-order valence-corrected chi connectivity index (χ1v) is 5.60. The summed E-state index contributed by atoms with van der Waals surface area (Å²) >= 11 is 5.34. The van der Waals surface area contributed by atoms with Crippen molar-refractivity contribution in [2.24, 2.45) is 0 Å². The van der Waals surface area contributed by atoms with Gasteiger partial charge in [0.05, 0.1) is 6.54 Å².